The van der Waals surface area contributed by atoms with Crippen molar-refractivity contribution in [3.05, 3.63) is 22.2 Å². The number of carbonyl (C=O) groups excluding carboxylic acids is 5. The Balaban J connectivity index is 2.18. The van der Waals surface area contributed by atoms with Crippen LogP contribution in [0.1, 0.15) is 33.3 Å². The second-order valence-electron chi connectivity index (χ2n) is 9.22. The smallest absolute Gasteiger partial charge is 0.420 e. The zero-order valence-electron chi connectivity index (χ0n) is 24.4. The summed E-state index contributed by atoms with van der Waals surface area (Å²) in [6.45, 7) is 1.58. The molecule has 0 spiro atoms. The molecule has 0 radical (unpaired) electrons. The number of carbonyl (C=O) groups is 5. The van der Waals surface area contributed by atoms with Crippen molar-refractivity contribution in [1.82, 2.24) is 0 Å². The van der Waals surface area contributed by atoms with Crippen LogP contribution in [0.3, 0.4) is 0 Å². The zero-order chi connectivity index (χ0) is 35.0. The number of hydrogen-bond acceptors (Lipinski definition) is 15. The number of benzene rings is 1. The lowest BCUT2D eigenvalue weighted by atomic mass is 9.98. The quantitative estimate of drug-likeness (QED) is 0.0999. The molecule has 1 N–H and O–H groups in total. The lowest BCUT2D eigenvalue weighted by molar-refractivity contribution is -0.309. The fraction of sp³-hybridized carbons (Fsp3) is 0.560. The molecule has 1 aromatic rings. The molecule has 1 aliphatic heterocycles. The minimum Gasteiger partial charge on any atom is -0.463 e. The summed E-state index contributed by atoms with van der Waals surface area (Å²) in [6, 6.07) is 1.02. The minimum absolute atomic E-state index is 0.386. The Morgan fingerprint density at radius 3 is 1.98 bits per heavy atom. The Bertz CT molecular complexity index is 1420. The van der Waals surface area contributed by atoms with E-state index in [1.807, 2.05) is 0 Å². The normalized spacial score (nSPS) is 21.5. The molecule has 21 heteroatoms. The molecule has 258 valence electrons. The summed E-state index contributed by atoms with van der Waals surface area (Å²) in [7, 11) is -5.28. The second-order valence-corrected chi connectivity index (χ2v) is 11.5. The Morgan fingerprint density at radius 1 is 0.891 bits per heavy atom. The van der Waals surface area contributed by atoms with Crippen molar-refractivity contribution in [2.45, 2.75) is 69.5 Å². The van der Waals surface area contributed by atoms with Gasteiger partial charge >= 0.3 is 36.0 Å². The van der Waals surface area contributed by atoms with Crippen LogP contribution >= 0.6 is 15.9 Å². The number of alkyl halides is 3. The average molecular weight is 753 g/mol. The van der Waals surface area contributed by atoms with Gasteiger partial charge in [-0.3, -0.25) is 23.7 Å². The van der Waals surface area contributed by atoms with Crippen LogP contribution in [-0.4, -0.2) is 100.0 Å². The number of halogens is 4. The molecule has 16 nitrogen and oxygen atoms in total. The van der Waals surface area contributed by atoms with Crippen LogP contribution < -0.4 is 4.74 Å². The van der Waals surface area contributed by atoms with Gasteiger partial charge < -0.3 is 37.9 Å². The number of esters is 5. The van der Waals surface area contributed by atoms with E-state index in [9.17, 15) is 50.1 Å². The van der Waals surface area contributed by atoms with E-state index in [1.165, 1.54) is 0 Å². The van der Waals surface area contributed by atoms with Gasteiger partial charge in [0.05, 0.1) is 13.2 Å². The summed E-state index contributed by atoms with van der Waals surface area (Å²) in [6.07, 6.45) is -12.6. The van der Waals surface area contributed by atoms with E-state index in [0.29, 0.717) is 12.1 Å². The van der Waals surface area contributed by atoms with E-state index in [2.05, 4.69) is 20.7 Å². The van der Waals surface area contributed by atoms with Gasteiger partial charge in [-0.15, -0.1) is 0 Å². The topological polar surface area (TPSA) is 214 Å². The van der Waals surface area contributed by atoms with E-state index in [4.69, 9.17) is 33.2 Å². The highest BCUT2D eigenvalue weighted by molar-refractivity contribution is 9.10. The van der Waals surface area contributed by atoms with E-state index < -0.39 is 119 Å². The Kier molecular flexibility index (Phi) is 13.9. The van der Waals surface area contributed by atoms with Gasteiger partial charge in [-0.05, 0) is 12.1 Å². The molecule has 0 aliphatic carbocycles. The highest BCUT2D eigenvalue weighted by atomic mass is 79.9. The van der Waals surface area contributed by atoms with Crippen LogP contribution in [-0.2, 0) is 73.4 Å². The summed E-state index contributed by atoms with van der Waals surface area (Å²) < 4.78 is 114. The molecule has 0 bridgehead atoms. The fourth-order valence-electron chi connectivity index (χ4n) is 3.92. The van der Waals surface area contributed by atoms with Crippen molar-refractivity contribution in [2.24, 2.45) is 0 Å². The molecule has 0 unspecified atom stereocenters. The molecule has 1 aromatic carbocycles. The third-order valence-corrected chi connectivity index (χ3v) is 6.81. The summed E-state index contributed by atoms with van der Waals surface area (Å²) >= 11 is 2.69. The van der Waals surface area contributed by atoms with Crippen molar-refractivity contribution in [2.75, 3.05) is 26.4 Å². The monoisotopic (exact) mass is 752 g/mol. The van der Waals surface area contributed by atoms with E-state index >= 15 is 0 Å². The summed E-state index contributed by atoms with van der Waals surface area (Å²) in [5.41, 5.74) is -1.69. The third-order valence-electron chi connectivity index (χ3n) is 5.50. The molecule has 0 amide bonds. The Morgan fingerprint density at radius 2 is 1.46 bits per heavy atom. The molecule has 2 rings (SSSR count). The standard InChI is InChI=1S/C25H28BrF3O16S/c1-11(30)40-9-17-21(41-12(2)31)22(42-13(3)32)23(43-14(4)33)24(44-17)39-6-5-38-10-19(34)45-20-16(25(27,28)29)7-15(26)8-18(20)46(35,36)37/h7-8,17,21-24H,5-6,9-10H2,1-4H3,(H,35,36,37)/t17-,21-,22+,23-,24-/m1/s1. The van der Waals surface area contributed by atoms with Crippen molar-refractivity contribution in [1.29, 1.82) is 0 Å². The predicted molar refractivity (Wildman–Crippen MR) is 143 cm³/mol. The lowest BCUT2D eigenvalue weighted by Gasteiger charge is -2.44. The van der Waals surface area contributed by atoms with Crippen molar-refractivity contribution < 1.29 is 88.0 Å². The predicted octanol–water partition coefficient (Wildman–Crippen LogP) is 1.74. The first kappa shape index (κ1) is 38.8. The minimum atomic E-state index is -5.28. The first-order valence-electron chi connectivity index (χ1n) is 12.8. The number of hydrogen-bond donors (Lipinski definition) is 1. The van der Waals surface area contributed by atoms with Crippen LogP contribution in [0.15, 0.2) is 21.5 Å². The lowest BCUT2D eigenvalue weighted by Crippen LogP contribution is -2.63. The molecule has 46 heavy (non-hydrogen) atoms. The molecule has 1 heterocycles. The van der Waals surface area contributed by atoms with E-state index in [1.54, 1.807) is 0 Å². The maximum Gasteiger partial charge on any atom is 0.420 e. The Hall–Kier alpha value is -3.37. The van der Waals surface area contributed by atoms with Gasteiger partial charge in [0.2, 0.25) is 0 Å². The summed E-state index contributed by atoms with van der Waals surface area (Å²) in [5, 5.41) is 0. The van der Waals surface area contributed by atoms with Gasteiger partial charge in [0.25, 0.3) is 10.1 Å². The van der Waals surface area contributed by atoms with Crippen molar-refractivity contribution >= 4 is 55.9 Å². The zero-order valence-corrected chi connectivity index (χ0v) is 26.8. The third kappa shape index (κ3) is 11.8. The van der Waals surface area contributed by atoms with Gasteiger partial charge in [-0.25, -0.2) is 4.79 Å². The Labute approximate surface area is 267 Å². The van der Waals surface area contributed by atoms with Crippen LogP contribution in [0.2, 0.25) is 0 Å². The molecular formula is C25H28BrF3O16S. The molecule has 1 saturated heterocycles. The van der Waals surface area contributed by atoms with Crippen LogP contribution in [0.5, 0.6) is 5.75 Å². The average Bonchev–Trinajstić information content (AvgIpc) is 2.89. The maximum absolute atomic E-state index is 13.5. The first-order valence-corrected chi connectivity index (χ1v) is 15.0. The van der Waals surface area contributed by atoms with Crippen molar-refractivity contribution in [3.63, 3.8) is 0 Å². The summed E-state index contributed by atoms with van der Waals surface area (Å²) in [4.78, 5) is 57.8. The van der Waals surface area contributed by atoms with Crippen LogP contribution in [0.25, 0.3) is 0 Å². The maximum atomic E-state index is 13.5. The summed E-state index contributed by atoms with van der Waals surface area (Å²) in [5.74, 6) is -6.36. The fourth-order valence-corrected chi connectivity index (χ4v) is 5.19. The SMILES string of the molecule is CC(=O)OC[C@H]1O[C@@H](OCCOCC(=O)Oc2c(C(F)(F)F)cc(Br)cc2S(=O)(=O)O)[C@H](OC(C)=O)[C@@H](OC(C)=O)[C@@H]1OC(C)=O. The molecular weight excluding hydrogens is 725 g/mol. The van der Waals surface area contributed by atoms with E-state index in [0.717, 1.165) is 27.7 Å². The molecule has 1 fully saturated rings. The van der Waals surface area contributed by atoms with Gasteiger partial charge in [0.1, 0.15) is 29.8 Å². The van der Waals surface area contributed by atoms with Crippen LogP contribution in [0.4, 0.5) is 13.2 Å². The largest absolute Gasteiger partial charge is 0.463 e. The molecule has 0 aromatic heterocycles. The number of rotatable bonds is 13. The first-order chi connectivity index (χ1) is 21.2. The van der Waals surface area contributed by atoms with Crippen molar-refractivity contribution in [3.8, 4) is 5.75 Å². The van der Waals surface area contributed by atoms with Gasteiger partial charge in [0.15, 0.2) is 30.4 Å². The number of ether oxygens (including phenoxy) is 8. The highest BCUT2D eigenvalue weighted by Gasteiger charge is 2.52. The second kappa shape index (κ2) is 16.5. The van der Waals surface area contributed by atoms with Gasteiger partial charge in [-0.1, -0.05) is 15.9 Å². The molecule has 1 aliphatic rings. The van der Waals surface area contributed by atoms with Gasteiger partial charge in [-0.2, -0.15) is 21.6 Å². The van der Waals surface area contributed by atoms with Crippen LogP contribution in [0, 0.1) is 0 Å². The van der Waals surface area contributed by atoms with Gasteiger partial charge in [0, 0.05) is 32.2 Å². The molecule has 5 atom stereocenters. The van der Waals surface area contributed by atoms with E-state index in [-0.39, 0.29) is 4.47 Å². The molecule has 0 saturated carbocycles. The highest BCUT2D eigenvalue weighted by Crippen LogP contribution is 2.42.